The molecule has 0 bridgehead atoms. The first-order chi connectivity index (χ1) is 17.5. The molecular formula is C30H40N2O5. The Morgan fingerprint density at radius 2 is 1.54 bits per heavy atom. The van der Waals surface area contributed by atoms with Gasteiger partial charge in [0.05, 0.1) is 12.1 Å². The van der Waals surface area contributed by atoms with Crippen molar-refractivity contribution < 1.29 is 23.9 Å². The van der Waals surface area contributed by atoms with Crippen LogP contribution in [0.3, 0.4) is 0 Å². The topological polar surface area (TPSA) is 76.1 Å². The van der Waals surface area contributed by atoms with Crippen LogP contribution in [0.15, 0.2) is 60.7 Å². The quantitative estimate of drug-likeness (QED) is 0.432. The fraction of sp³-hybridized carbons (Fsp3) is 0.500. The number of benzene rings is 2. The van der Waals surface area contributed by atoms with Crippen LogP contribution in [0.25, 0.3) is 0 Å². The van der Waals surface area contributed by atoms with Gasteiger partial charge in [0.25, 0.3) is 0 Å². The number of amides is 1. The van der Waals surface area contributed by atoms with E-state index >= 15 is 0 Å². The number of likely N-dealkylation sites (tertiary alicyclic amines) is 1. The highest BCUT2D eigenvalue weighted by Crippen LogP contribution is 2.33. The van der Waals surface area contributed by atoms with E-state index in [1.807, 2.05) is 100 Å². The molecule has 1 aliphatic heterocycles. The fourth-order valence-corrected chi connectivity index (χ4v) is 4.76. The van der Waals surface area contributed by atoms with Crippen LogP contribution in [-0.4, -0.2) is 58.4 Å². The van der Waals surface area contributed by atoms with E-state index in [0.29, 0.717) is 13.0 Å². The van der Waals surface area contributed by atoms with Gasteiger partial charge in [-0.15, -0.1) is 0 Å². The lowest BCUT2D eigenvalue weighted by Gasteiger charge is -2.33. The summed E-state index contributed by atoms with van der Waals surface area (Å²) in [5, 5.41) is 0. The molecule has 0 aliphatic carbocycles. The molecular weight excluding hydrogens is 468 g/mol. The molecule has 2 aromatic rings. The summed E-state index contributed by atoms with van der Waals surface area (Å²) in [7, 11) is 1.64. The molecule has 0 N–H and O–H groups in total. The van der Waals surface area contributed by atoms with Crippen molar-refractivity contribution in [2.75, 3.05) is 7.05 Å². The molecule has 200 valence electrons. The van der Waals surface area contributed by atoms with Crippen LogP contribution in [0.2, 0.25) is 0 Å². The molecule has 7 heteroatoms. The number of esters is 1. The zero-order valence-corrected chi connectivity index (χ0v) is 22.8. The molecule has 1 saturated heterocycles. The number of hydrogen-bond acceptors (Lipinski definition) is 6. The standard InChI is InChI=1S/C30H40N2O5/c1-21(2)17-26(33)27-24(31(6)29(35)36-20-23-15-11-8-12-16-23)18-25(28(34)37-30(3,4)5)32(27)19-22-13-9-7-10-14-22/h7-16,21,24-25,27H,17-20H2,1-6H3/t24-,25-,27-/m1/s1. The number of ether oxygens (including phenoxy) is 2. The van der Waals surface area contributed by atoms with Crippen molar-refractivity contribution in [3.63, 3.8) is 0 Å². The van der Waals surface area contributed by atoms with Gasteiger partial charge in [-0.05, 0) is 44.2 Å². The zero-order chi connectivity index (χ0) is 27.2. The van der Waals surface area contributed by atoms with Crippen molar-refractivity contribution in [3.8, 4) is 0 Å². The molecule has 0 spiro atoms. The first-order valence-electron chi connectivity index (χ1n) is 12.9. The van der Waals surface area contributed by atoms with E-state index in [1.165, 1.54) is 4.90 Å². The minimum absolute atomic E-state index is 0.00435. The predicted octanol–water partition coefficient (Wildman–Crippen LogP) is 5.22. The highest BCUT2D eigenvalue weighted by molar-refractivity contribution is 5.88. The van der Waals surface area contributed by atoms with Gasteiger partial charge in [-0.3, -0.25) is 14.5 Å². The number of likely N-dealkylation sites (N-methyl/N-ethyl adjacent to an activating group) is 1. The molecule has 1 fully saturated rings. The van der Waals surface area contributed by atoms with E-state index in [2.05, 4.69) is 0 Å². The second-order valence-electron chi connectivity index (χ2n) is 11.2. The monoisotopic (exact) mass is 508 g/mol. The summed E-state index contributed by atoms with van der Waals surface area (Å²) in [4.78, 5) is 43.6. The molecule has 37 heavy (non-hydrogen) atoms. The third kappa shape index (κ3) is 7.89. The summed E-state index contributed by atoms with van der Waals surface area (Å²) < 4.78 is 11.3. The van der Waals surface area contributed by atoms with Gasteiger partial charge in [0, 0.05) is 20.0 Å². The first-order valence-corrected chi connectivity index (χ1v) is 12.9. The van der Waals surface area contributed by atoms with Crippen LogP contribution < -0.4 is 0 Å². The first kappa shape index (κ1) is 28.4. The third-order valence-electron chi connectivity index (χ3n) is 6.40. The SMILES string of the molecule is CC(C)CC(=O)[C@H]1[C@H](N(C)C(=O)OCc2ccccc2)C[C@H](C(=O)OC(C)(C)C)N1Cc1ccccc1. The van der Waals surface area contributed by atoms with Crippen LogP contribution >= 0.6 is 0 Å². The van der Waals surface area contributed by atoms with Gasteiger partial charge >= 0.3 is 12.1 Å². The normalized spacial score (nSPS) is 20.0. The molecule has 0 radical (unpaired) electrons. The van der Waals surface area contributed by atoms with Gasteiger partial charge < -0.3 is 14.4 Å². The summed E-state index contributed by atoms with van der Waals surface area (Å²) in [6.45, 7) is 9.99. The number of ketones is 1. The average molecular weight is 509 g/mol. The van der Waals surface area contributed by atoms with Crippen LogP contribution in [0.4, 0.5) is 4.79 Å². The molecule has 2 aromatic carbocycles. The second kappa shape index (κ2) is 12.4. The Morgan fingerprint density at radius 3 is 2.08 bits per heavy atom. The van der Waals surface area contributed by atoms with E-state index in [0.717, 1.165) is 11.1 Å². The van der Waals surface area contributed by atoms with E-state index in [4.69, 9.17) is 9.47 Å². The molecule has 0 saturated carbocycles. The van der Waals surface area contributed by atoms with E-state index in [9.17, 15) is 14.4 Å². The van der Waals surface area contributed by atoms with Gasteiger partial charge in [-0.1, -0.05) is 74.5 Å². The Hall–Kier alpha value is -3.19. The minimum atomic E-state index is -0.675. The molecule has 0 aromatic heterocycles. The largest absolute Gasteiger partial charge is 0.459 e. The predicted molar refractivity (Wildman–Crippen MR) is 143 cm³/mol. The Bertz CT molecular complexity index is 1050. The molecule has 1 amide bonds. The van der Waals surface area contributed by atoms with Crippen molar-refractivity contribution in [2.24, 2.45) is 5.92 Å². The fourth-order valence-electron chi connectivity index (χ4n) is 4.76. The van der Waals surface area contributed by atoms with E-state index in [1.54, 1.807) is 7.05 Å². The number of carbonyl (C=O) groups is 3. The van der Waals surface area contributed by atoms with Crippen molar-refractivity contribution >= 4 is 17.8 Å². The Balaban J connectivity index is 1.91. The summed E-state index contributed by atoms with van der Waals surface area (Å²) in [6.07, 6.45) is 0.105. The van der Waals surface area contributed by atoms with Gasteiger partial charge in [-0.2, -0.15) is 0 Å². The van der Waals surface area contributed by atoms with Crippen LogP contribution in [0.1, 0.15) is 58.6 Å². The summed E-state index contributed by atoms with van der Waals surface area (Å²) >= 11 is 0. The number of carbonyl (C=O) groups excluding carboxylic acids is 3. The van der Waals surface area contributed by atoms with Crippen LogP contribution in [0, 0.1) is 5.92 Å². The number of rotatable bonds is 9. The maximum atomic E-state index is 13.7. The average Bonchev–Trinajstić information content (AvgIpc) is 3.21. The minimum Gasteiger partial charge on any atom is -0.459 e. The lowest BCUT2D eigenvalue weighted by atomic mass is 9.96. The van der Waals surface area contributed by atoms with Crippen LogP contribution in [0.5, 0.6) is 0 Å². The summed E-state index contributed by atoms with van der Waals surface area (Å²) in [5.74, 6) is -0.244. The molecule has 7 nitrogen and oxygen atoms in total. The maximum absolute atomic E-state index is 13.7. The number of hydrogen-bond donors (Lipinski definition) is 0. The maximum Gasteiger partial charge on any atom is 0.410 e. The lowest BCUT2D eigenvalue weighted by molar-refractivity contribution is -0.161. The molecule has 3 rings (SSSR count). The van der Waals surface area contributed by atoms with E-state index < -0.39 is 29.8 Å². The van der Waals surface area contributed by atoms with E-state index in [-0.39, 0.29) is 30.7 Å². The van der Waals surface area contributed by atoms with Crippen molar-refractivity contribution in [1.82, 2.24) is 9.80 Å². The van der Waals surface area contributed by atoms with Gasteiger partial charge in [-0.25, -0.2) is 4.79 Å². The zero-order valence-electron chi connectivity index (χ0n) is 22.8. The molecule has 1 aliphatic rings. The van der Waals surface area contributed by atoms with Crippen molar-refractivity contribution in [2.45, 2.75) is 84.3 Å². The summed E-state index contributed by atoms with van der Waals surface area (Å²) in [6, 6.07) is 17.3. The molecule has 0 unspecified atom stereocenters. The molecule has 1 heterocycles. The summed E-state index contributed by atoms with van der Waals surface area (Å²) in [5.41, 5.74) is 1.18. The second-order valence-corrected chi connectivity index (χ2v) is 11.2. The van der Waals surface area contributed by atoms with Crippen LogP contribution in [-0.2, 0) is 32.2 Å². The lowest BCUT2D eigenvalue weighted by Crippen LogP contribution is -2.51. The van der Waals surface area contributed by atoms with Crippen molar-refractivity contribution in [1.29, 1.82) is 0 Å². The number of Topliss-reactive ketones (excluding diaryl/α,β-unsaturated/α-hetero) is 1. The van der Waals surface area contributed by atoms with Gasteiger partial charge in [0.2, 0.25) is 0 Å². The smallest absolute Gasteiger partial charge is 0.410 e. The Morgan fingerprint density at radius 1 is 0.973 bits per heavy atom. The molecule has 3 atom stereocenters. The Kier molecular flexibility index (Phi) is 9.49. The van der Waals surface area contributed by atoms with Gasteiger partial charge in [0.15, 0.2) is 5.78 Å². The highest BCUT2D eigenvalue weighted by atomic mass is 16.6. The highest BCUT2D eigenvalue weighted by Gasteiger charge is 2.51. The Labute approximate surface area is 220 Å². The van der Waals surface area contributed by atoms with Crippen molar-refractivity contribution in [3.05, 3.63) is 71.8 Å². The number of nitrogens with zero attached hydrogens (tertiary/aromatic N) is 2. The van der Waals surface area contributed by atoms with Gasteiger partial charge in [0.1, 0.15) is 18.2 Å². The third-order valence-corrected chi connectivity index (χ3v) is 6.40.